The number of nitrogens with zero attached hydrogens (tertiary/aromatic N) is 4. The van der Waals surface area contributed by atoms with Gasteiger partial charge in [-0.1, -0.05) is 24.3 Å². The van der Waals surface area contributed by atoms with E-state index < -0.39 is 0 Å². The fourth-order valence-corrected chi connectivity index (χ4v) is 2.83. The van der Waals surface area contributed by atoms with E-state index in [0.29, 0.717) is 0 Å². The van der Waals surface area contributed by atoms with E-state index in [2.05, 4.69) is 69.4 Å². The SMILES string of the molecule is Cc1nc(NCc2ccccc2C)cc(N2CCN(C)CC2)n1. The lowest BCUT2D eigenvalue weighted by molar-refractivity contribution is 0.312. The van der Waals surface area contributed by atoms with Gasteiger partial charge >= 0.3 is 0 Å². The van der Waals surface area contributed by atoms with E-state index in [0.717, 1.165) is 50.2 Å². The Morgan fingerprint density at radius 3 is 2.52 bits per heavy atom. The quantitative estimate of drug-likeness (QED) is 0.939. The smallest absolute Gasteiger partial charge is 0.134 e. The first kappa shape index (κ1) is 15.7. The number of benzene rings is 1. The molecule has 1 fully saturated rings. The second-order valence-corrected chi connectivity index (χ2v) is 6.23. The molecule has 0 saturated carbocycles. The van der Waals surface area contributed by atoms with Crippen molar-refractivity contribution >= 4 is 11.6 Å². The summed E-state index contributed by atoms with van der Waals surface area (Å²) in [6.45, 7) is 9.07. The van der Waals surface area contributed by atoms with Crippen LogP contribution in [-0.4, -0.2) is 48.1 Å². The molecule has 2 aromatic rings. The number of aromatic nitrogens is 2. The Bertz CT molecular complexity index is 662. The molecule has 0 atom stereocenters. The van der Waals surface area contributed by atoms with Crippen molar-refractivity contribution in [1.82, 2.24) is 14.9 Å². The summed E-state index contributed by atoms with van der Waals surface area (Å²) in [6.07, 6.45) is 0. The summed E-state index contributed by atoms with van der Waals surface area (Å²) in [7, 11) is 2.16. The van der Waals surface area contributed by atoms with E-state index in [1.54, 1.807) is 0 Å². The van der Waals surface area contributed by atoms with Crippen LogP contribution in [0.5, 0.6) is 0 Å². The molecule has 1 aromatic heterocycles. The number of aryl methyl sites for hydroxylation is 2. The highest BCUT2D eigenvalue weighted by Crippen LogP contribution is 2.18. The normalized spacial score (nSPS) is 15.7. The largest absolute Gasteiger partial charge is 0.366 e. The molecule has 3 rings (SSSR count). The minimum atomic E-state index is 0.783. The first-order valence-electron chi connectivity index (χ1n) is 8.19. The highest BCUT2D eigenvalue weighted by Gasteiger charge is 2.16. The molecule has 0 unspecified atom stereocenters. The lowest BCUT2D eigenvalue weighted by Crippen LogP contribution is -2.44. The van der Waals surface area contributed by atoms with E-state index in [9.17, 15) is 0 Å². The first-order valence-corrected chi connectivity index (χ1v) is 8.19. The molecule has 5 heteroatoms. The summed E-state index contributed by atoms with van der Waals surface area (Å²) in [5.74, 6) is 2.74. The second kappa shape index (κ2) is 6.96. The topological polar surface area (TPSA) is 44.3 Å². The van der Waals surface area contributed by atoms with E-state index in [1.807, 2.05) is 6.92 Å². The maximum Gasteiger partial charge on any atom is 0.134 e. The molecule has 1 aliphatic rings. The van der Waals surface area contributed by atoms with Gasteiger partial charge in [0.25, 0.3) is 0 Å². The van der Waals surface area contributed by atoms with Crippen LogP contribution in [0.15, 0.2) is 30.3 Å². The average molecular weight is 311 g/mol. The predicted molar refractivity (Wildman–Crippen MR) is 95.0 cm³/mol. The summed E-state index contributed by atoms with van der Waals surface area (Å²) in [6, 6.07) is 10.5. The molecule has 0 radical (unpaired) electrons. The first-order chi connectivity index (χ1) is 11.1. The monoisotopic (exact) mass is 311 g/mol. The summed E-state index contributed by atoms with van der Waals surface area (Å²) in [5, 5.41) is 3.44. The molecule has 1 N–H and O–H groups in total. The van der Waals surface area contributed by atoms with E-state index in [4.69, 9.17) is 0 Å². The van der Waals surface area contributed by atoms with Gasteiger partial charge in [0, 0.05) is 38.8 Å². The summed E-state index contributed by atoms with van der Waals surface area (Å²) in [5.41, 5.74) is 2.59. The summed E-state index contributed by atoms with van der Waals surface area (Å²) < 4.78 is 0. The van der Waals surface area contributed by atoms with E-state index in [-0.39, 0.29) is 0 Å². The van der Waals surface area contributed by atoms with Gasteiger partial charge in [-0.3, -0.25) is 0 Å². The molecule has 0 aliphatic carbocycles. The summed E-state index contributed by atoms with van der Waals surface area (Å²) >= 11 is 0. The number of piperazine rings is 1. The van der Waals surface area contributed by atoms with Gasteiger partial charge in [-0.05, 0) is 32.0 Å². The van der Waals surface area contributed by atoms with Crippen LogP contribution in [0.1, 0.15) is 17.0 Å². The van der Waals surface area contributed by atoms with Crippen LogP contribution in [0.2, 0.25) is 0 Å². The third-order valence-electron chi connectivity index (χ3n) is 4.37. The fraction of sp³-hybridized carbons (Fsp3) is 0.444. The second-order valence-electron chi connectivity index (χ2n) is 6.23. The number of nitrogens with one attached hydrogen (secondary N) is 1. The van der Waals surface area contributed by atoms with Crippen molar-refractivity contribution in [3.8, 4) is 0 Å². The number of anilines is 2. The molecule has 0 spiro atoms. The minimum absolute atomic E-state index is 0.783. The standard InChI is InChI=1S/C18H25N5/c1-14-6-4-5-7-16(14)13-19-17-12-18(21-15(2)20-17)23-10-8-22(3)9-11-23/h4-7,12H,8-11,13H2,1-3H3,(H,19,20,21). The Morgan fingerprint density at radius 2 is 1.78 bits per heavy atom. The minimum Gasteiger partial charge on any atom is -0.366 e. The van der Waals surface area contributed by atoms with Crippen molar-refractivity contribution in [2.24, 2.45) is 0 Å². The van der Waals surface area contributed by atoms with Crippen LogP contribution in [-0.2, 0) is 6.54 Å². The Labute approximate surface area is 138 Å². The zero-order valence-electron chi connectivity index (χ0n) is 14.2. The lowest BCUT2D eigenvalue weighted by atomic mass is 10.1. The molecule has 2 heterocycles. The highest BCUT2D eigenvalue weighted by molar-refractivity contribution is 5.50. The lowest BCUT2D eigenvalue weighted by Gasteiger charge is -2.33. The van der Waals surface area contributed by atoms with Gasteiger partial charge in [-0.2, -0.15) is 0 Å². The highest BCUT2D eigenvalue weighted by atomic mass is 15.3. The average Bonchev–Trinajstić information content (AvgIpc) is 2.54. The van der Waals surface area contributed by atoms with Crippen LogP contribution in [0.25, 0.3) is 0 Å². The van der Waals surface area contributed by atoms with Gasteiger partial charge < -0.3 is 15.1 Å². The van der Waals surface area contributed by atoms with Gasteiger partial charge in [0.05, 0.1) is 0 Å². The molecule has 1 aliphatic heterocycles. The molecule has 1 aromatic carbocycles. The van der Waals surface area contributed by atoms with Gasteiger partial charge in [0.2, 0.25) is 0 Å². The van der Waals surface area contributed by atoms with Crippen molar-refractivity contribution < 1.29 is 0 Å². The molecule has 5 nitrogen and oxygen atoms in total. The molecule has 0 amide bonds. The molecular weight excluding hydrogens is 286 g/mol. The zero-order valence-corrected chi connectivity index (χ0v) is 14.2. The van der Waals surface area contributed by atoms with Gasteiger partial charge in [0.1, 0.15) is 17.5 Å². The Hall–Kier alpha value is -2.14. The number of hydrogen-bond donors (Lipinski definition) is 1. The van der Waals surface area contributed by atoms with Crippen molar-refractivity contribution in [1.29, 1.82) is 0 Å². The maximum atomic E-state index is 4.61. The Morgan fingerprint density at radius 1 is 1.04 bits per heavy atom. The molecule has 23 heavy (non-hydrogen) atoms. The summed E-state index contributed by atoms with van der Waals surface area (Å²) in [4.78, 5) is 13.8. The number of rotatable bonds is 4. The van der Waals surface area contributed by atoms with Crippen molar-refractivity contribution in [3.05, 3.63) is 47.3 Å². The number of hydrogen-bond acceptors (Lipinski definition) is 5. The molecule has 0 bridgehead atoms. The Kier molecular flexibility index (Phi) is 4.76. The Balaban J connectivity index is 1.71. The molecular formula is C18H25N5. The van der Waals surface area contributed by atoms with Crippen LogP contribution in [0.4, 0.5) is 11.6 Å². The van der Waals surface area contributed by atoms with Crippen LogP contribution in [0, 0.1) is 13.8 Å². The van der Waals surface area contributed by atoms with Crippen LogP contribution < -0.4 is 10.2 Å². The van der Waals surface area contributed by atoms with Crippen molar-refractivity contribution in [2.45, 2.75) is 20.4 Å². The predicted octanol–water partition coefficient (Wildman–Crippen LogP) is 2.46. The van der Waals surface area contributed by atoms with Crippen molar-refractivity contribution in [3.63, 3.8) is 0 Å². The molecule has 1 saturated heterocycles. The van der Waals surface area contributed by atoms with Gasteiger partial charge in [-0.15, -0.1) is 0 Å². The maximum absolute atomic E-state index is 4.61. The van der Waals surface area contributed by atoms with Crippen molar-refractivity contribution in [2.75, 3.05) is 43.4 Å². The van der Waals surface area contributed by atoms with Gasteiger partial charge in [-0.25, -0.2) is 9.97 Å². The zero-order chi connectivity index (χ0) is 16.2. The van der Waals surface area contributed by atoms with Gasteiger partial charge in [0.15, 0.2) is 0 Å². The number of likely N-dealkylation sites (N-methyl/N-ethyl adjacent to an activating group) is 1. The van der Waals surface area contributed by atoms with Crippen LogP contribution in [0.3, 0.4) is 0 Å². The van der Waals surface area contributed by atoms with E-state index >= 15 is 0 Å². The molecule has 122 valence electrons. The fourth-order valence-electron chi connectivity index (χ4n) is 2.83. The third kappa shape index (κ3) is 3.99. The third-order valence-corrected chi connectivity index (χ3v) is 4.37. The van der Waals surface area contributed by atoms with Crippen LogP contribution >= 0.6 is 0 Å². The van der Waals surface area contributed by atoms with E-state index in [1.165, 1.54) is 11.1 Å².